The molecular weight excluding hydrogens is 373 g/mol. The summed E-state index contributed by atoms with van der Waals surface area (Å²) >= 11 is 5.95. The van der Waals surface area contributed by atoms with E-state index in [4.69, 9.17) is 26.6 Å². The number of benzene rings is 2. The number of nitrogens with two attached hydrogens (primary N) is 1. The summed E-state index contributed by atoms with van der Waals surface area (Å²) in [5, 5.41) is 4.75. The van der Waals surface area contributed by atoms with E-state index in [-0.39, 0.29) is 12.4 Å². The molecule has 1 aliphatic rings. The molecular formula is C19H19Cl2N3O2. The molecule has 0 bridgehead atoms. The lowest BCUT2D eigenvalue weighted by molar-refractivity contribution is 0.191. The summed E-state index contributed by atoms with van der Waals surface area (Å²) in [7, 11) is 0. The van der Waals surface area contributed by atoms with Gasteiger partial charge in [-0.15, -0.1) is 12.4 Å². The van der Waals surface area contributed by atoms with E-state index in [0.717, 1.165) is 24.8 Å². The maximum atomic E-state index is 6.31. The molecule has 1 saturated carbocycles. The van der Waals surface area contributed by atoms with Crippen LogP contribution in [0.25, 0.3) is 0 Å². The van der Waals surface area contributed by atoms with Crippen molar-refractivity contribution >= 4 is 24.0 Å². The van der Waals surface area contributed by atoms with Gasteiger partial charge in [0.05, 0.1) is 5.54 Å². The zero-order valence-corrected chi connectivity index (χ0v) is 15.5. The minimum absolute atomic E-state index is 0. The number of hydrogen-bond donors (Lipinski definition) is 1. The highest BCUT2D eigenvalue weighted by atomic mass is 35.5. The fraction of sp³-hybridized carbons (Fsp3) is 0.263. The maximum Gasteiger partial charge on any atom is 0.272 e. The average molecular weight is 392 g/mol. The number of aromatic nitrogens is 2. The summed E-state index contributed by atoms with van der Waals surface area (Å²) in [4.78, 5) is 4.54. The number of hydrogen-bond acceptors (Lipinski definition) is 5. The standard InChI is InChI=1S/C19H18ClN3O2.ClH/c20-14-7-9-15(10-8-14)24-16(13-5-2-1-3-6-13)17-22-18(23-25-17)19(21)11-4-12-19;/h1-3,5-10,16H,4,11-12,21H2;1H. The third-order valence-corrected chi connectivity index (χ3v) is 4.78. The molecule has 0 radical (unpaired) electrons. The molecule has 2 N–H and O–H groups in total. The van der Waals surface area contributed by atoms with Crippen molar-refractivity contribution in [1.82, 2.24) is 10.1 Å². The fourth-order valence-corrected chi connectivity index (χ4v) is 2.99. The van der Waals surface area contributed by atoms with Crippen LogP contribution in [0.4, 0.5) is 0 Å². The van der Waals surface area contributed by atoms with Gasteiger partial charge in [-0.25, -0.2) is 0 Å². The van der Waals surface area contributed by atoms with E-state index in [2.05, 4.69) is 10.1 Å². The number of halogens is 2. The molecule has 1 atom stereocenters. The SMILES string of the molecule is Cl.NC1(c2noc(C(Oc3ccc(Cl)cc3)c3ccccc3)n2)CCC1. The molecule has 3 aromatic rings. The normalized spacial score (nSPS) is 16.2. The summed E-state index contributed by atoms with van der Waals surface area (Å²) in [6.45, 7) is 0. The zero-order chi connectivity index (χ0) is 17.3. The van der Waals surface area contributed by atoms with E-state index < -0.39 is 11.6 Å². The van der Waals surface area contributed by atoms with Crippen LogP contribution >= 0.6 is 24.0 Å². The van der Waals surface area contributed by atoms with Gasteiger partial charge in [0, 0.05) is 10.6 Å². The molecule has 1 unspecified atom stereocenters. The summed E-state index contributed by atoms with van der Waals surface area (Å²) in [6, 6.07) is 17.0. The Bertz CT molecular complexity index is 849. The van der Waals surface area contributed by atoms with Gasteiger partial charge >= 0.3 is 0 Å². The number of nitrogens with zero attached hydrogens (tertiary/aromatic N) is 2. The predicted octanol–water partition coefficient (Wildman–Crippen LogP) is 4.65. The van der Waals surface area contributed by atoms with Gasteiger partial charge in [0.1, 0.15) is 5.75 Å². The smallest absolute Gasteiger partial charge is 0.272 e. The molecule has 4 rings (SSSR count). The van der Waals surface area contributed by atoms with Crippen LogP contribution < -0.4 is 10.5 Å². The van der Waals surface area contributed by atoms with Gasteiger partial charge < -0.3 is 15.0 Å². The maximum absolute atomic E-state index is 6.31. The lowest BCUT2D eigenvalue weighted by Gasteiger charge is -2.34. The Morgan fingerprint density at radius 2 is 1.77 bits per heavy atom. The second-order valence-corrected chi connectivity index (χ2v) is 6.76. The molecule has 1 aromatic heterocycles. The fourth-order valence-electron chi connectivity index (χ4n) is 2.86. The third kappa shape index (κ3) is 3.70. The first-order chi connectivity index (χ1) is 12.1. The van der Waals surface area contributed by atoms with Crippen molar-refractivity contribution in [3.63, 3.8) is 0 Å². The van der Waals surface area contributed by atoms with Crippen LogP contribution in [0, 0.1) is 0 Å². The van der Waals surface area contributed by atoms with Gasteiger partial charge in [0.15, 0.2) is 5.82 Å². The van der Waals surface area contributed by atoms with Crippen molar-refractivity contribution < 1.29 is 9.26 Å². The minimum Gasteiger partial charge on any atom is -0.476 e. The molecule has 7 heteroatoms. The highest BCUT2D eigenvalue weighted by Gasteiger charge is 2.39. The highest BCUT2D eigenvalue weighted by Crippen LogP contribution is 2.38. The summed E-state index contributed by atoms with van der Waals surface area (Å²) in [5.74, 6) is 1.62. The Labute approximate surface area is 162 Å². The molecule has 26 heavy (non-hydrogen) atoms. The molecule has 1 fully saturated rings. The monoisotopic (exact) mass is 391 g/mol. The second kappa shape index (κ2) is 7.66. The Morgan fingerprint density at radius 3 is 2.38 bits per heavy atom. The quantitative estimate of drug-likeness (QED) is 0.684. The molecule has 0 saturated heterocycles. The first-order valence-electron chi connectivity index (χ1n) is 8.24. The van der Waals surface area contributed by atoms with Gasteiger partial charge in [-0.3, -0.25) is 0 Å². The lowest BCUT2D eigenvalue weighted by atomic mass is 9.77. The van der Waals surface area contributed by atoms with Crippen molar-refractivity contribution in [2.75, 3.05) is 0 Å². The first kappa shape index (κ1) is 18.7. The zero-order valence-electron chi connectivity index (χ0n) is 14.0. The van der Waals surface area contributed by atoms with Crippen LogP contribution in [0.15, 0.2) is 59.1 Å². The molecule has 0 aliphatic heterocycles. The van der Waals surface area contributed by atoms with Gasteiger partial charge in [0.25, 0.3) is 5.89 Å². The van der Waals surface area contributed by atoms with Crippen LogP contribution in [0.1, 0.15) is 42.6 Å². The largest absolute Gasteiger partial charge is 0.476 e. The molecule has 0 amide bonds. The Kier molecular flexibility index (Phi) is 5.51. The van der Waals surface area contributed by atoms with Gasteiger partial charge in [-0.1, -0.05) is 47.1 Å². The Morgan fingerprint density at radius 1 is 1.08 bits per heavy atom. The van der Waals surface area contributed by atoms with E-state index in [1.165, 1.54) is 0 Å². The van der Waals surface area contributed by atoms with Crippen LogP contribution in [0.2, 0.25) is 5.02 Å². The molecule has 1 aliphatic carbocycles. The third-order valence-electron chi connectivity index (χ3n) is 4.53. The van der Waals surface area contributed by atoms with Gasteiger partial charge in [-0.2, -0.15) is 4.98 Å². The van der Waals surface area contributed by atoms with Crippen molar-refractivity contribution in [3.8, 4) is 5.75 Å². The number of ether oxygens (including phenoxy) is 1. The van der Waals surface area contributed by atoms with Gasteiger partial charge in [-0.05, 0) is 43.5 Å². The average Bonchev–Trinajstić information content (AvgIpc) is 3.10. The molecule has 2 aromatic carbocycles. The molecule has 1 heterocycles. The Balaban J connectivity index is 0.00000196. The van der Waals surface area contributed by atoms with Crippen molar-refractivity contribution in [1.29, 1.82) is 0 Å². The summed E-state index contributed by atoms with van der Waals surface area (Å²) in [6.07, 6.45) is 2.33. The van der Waals surface area contributed by atoms with Crippen LogP contribution in [0.3, 0.4) is 0 Å². The van der Waals surface area contributed by atoms with Crippen molar-refractivity contribution in [3.05, 3.63) is 76.9 Å². The molecule has 136 valence electrons. The minimum atomic E-state index is -0.507. The Hall–Kier alpha value is -2.08. The second-order valence-electron chi connectivity index (χ2n) is 6.33. The predicted molar refractivity (Wildman–Crippen MR) is 102 cm³/mol. The van der Waals surface area contributed by atoms with Crippen LogP contribution in [-0.4, -0.2) is 10.1 Å². The highest BCUT2D eigenvalue weighted by molar-refractivity contribution is 6.30. The molecule has 5 nitrogen and oxygen atoms in total. The topological polar surface area (TPSA) is 74.2 Å². The first-order valence-corrected chi connectivity index (χ1v) is 8.62. The van der Waals surface area contributed by atoms with E-state index >= 15 is 0 Å². The van der Waals surface area contributed by atoms with E-state index in [9.17, 15) is 0 Å². The molecule has 0 spiro atoms. The lowest BCUT2D eigenvalue weighted by Crippen LogP contribution is -2.44. The van der Waals surface area contributed by atoms with Crippen LogP contribution in [-0.2, 0) is 5.54 Å². The van der Waals surface area contributed by atoms with E-state index in [0.29, 0.717) is 22.5 Å². The van der Waals surface area contributed by atoms with E-state index in [1.54, 1.807) is 12.1 Å². The van der Waals surface area contributed by atoms with Crippen molar-refractivity contribution in [2.45, 2.75) is 30.9 Å². The van der Waals surface area contributed by atoms with Gasteiger partial charge in [0.2, 0.25) is 6.10 Å². The summed E-state index contributed by atoms with van der Waals surface area (Å²) < 4.78 is 11.6. The summed E-state index contributed by atoms with van der Waals surface area (Å²) in [5.41, 5.74) is 6.76. The van der Waals surface area contributed by atoms with E-state index in [1.807, 2.05) is 42.5 Å². The van der Waals surface area contributed by atoms with Crippen LogP contribution in [0.5, 0.6) is 5.75 Å². The number of rotatable bonds is 5. The van der Waals surface area contributed by atoms with Crippen molar-refractivity contribution in [2.24, 2.45) is 5.73 Å².